The van der Waals surface area contributed by atoms with Gasteiger partial charge in [0, 0.05) is 13.2 Å². The van der Waals surface area contributed by atoms with E-state index in [9.17, 15) is 0 Å². The van der Waals surface area contributed by atoms with E-state index in [1.807, 2.05) is 0 Å². The summed E-state index contributed by atoms with van der Waals surface area (Å²) in [6, 6.07) is 0. The highest BCUT2D eigenvalue weighted by atomic mass is 16.5. The first kappa shape index (κ1) is 14.3. The Balaban J connectivity index is 1.61. The molecule has 0 aromatic heterocycles. The Morgan fingerprint density at radius 3 is 2.67 bits per heavy atom. The van der Waals surface area contributed by atoms with Crippen molar-refractivity contribution in [3.63, 3.8) is 0 Å². The van der Waals surface area contributed by atoms with Gasteiger partial charge in [-0.25, -0.2) is 0 Å². The van der Waals surface area contributed by atoms with Gasteiger partial charge in [-0.1, -0.05) is 12.8 Å². The molecule has 0 amide bonds. The number of aliphatic hydroxyl groups excluding tert-OH is 1. The topological polar surface area (TPSA) is 32.7 Å². The third-order valence-corrected chi connectivity index (χ3v) is 4.57. The van der Waals surface area contributed by atoms with Crippen LogP contribution in [0.5, 0.6) is 0 Å². The molecule has 1 saturated carbocycles. The monoisotopic (exact) mass is 255 g/mol. The summed E-state index contributed by atoms with van der Waals surface area (Å²) in [5.41, 5.74) is 0.280. The second-order valence-corrected chi connectivity index (χ2v) is 6.22. The molecule has 1 aliphatic carbocycles. The molecule has 18 heavy (non-hydrogen) atoms. The summed E-state index contributed by atoms with van der Waals surface area (Å²) < 4.78 is 6.33. The Morgan fingerprint density at radius 2 is 1.94 bits per heavy atom. The summed E-state index contributed by atoms with van der Waals surface area (Å²) in [5, 5.41) is 8.75. The first-order valence-electron chi connectivity index (χ1n) is 7.71. The second kappa shape index (κ2) is 6.88. The number of hydrogen-bond donors (Lipinski definition) is 1. The average Bonchev–Trinajstić information content (AvgIpc) is 2.96. The zero-order valence-corrected chi connectivity index (χ0v) is 11.9. The molecule has 106 valence electrons. The highest BCUT2D eigenvalue weighted by Gasteiger charge is 2.42. The van der Waals surface area contributed by atoms with E-state index in [-0.39, 0.29) is 5.60 Å². The van der Waals surface area contributed by atoms with Crippen molar-refractivity contribution in [2.24, 2.45) is 0 Å². The molecule has 2 fully saturated rings. The van der Waals surface area contributed by atoms with Crippen LogP contribution in [-0.2, 0) is 4.74 Å². The highest BCUT2D eigenvalue weighted by molar-refractivity contribution is 4.93. The fraction of sp³-hybridized carbons (Fsp3) is 1.00. The van der Waals surface area contributed by atoms with Gasteiger partial charge in [0.2, 0.25) is 0 Å². The summed E-state index contributed by atoms with van der Waals surface area (Å²) in [6.07, 6.45) is 11.6. The lowest BCUT2D eigenvalue weighted by atomic mass is 9.98. The molecular formula is C15H29NO2. The second-order valence-electron chi connectivity index (χ2n) is 6.22. The molecule has 0 aromatic rings. The van der Waals surface area contributed by atoms with Crippen LogP contribution in [0, 0.1) is 0 Å². The van der Waals surface area contributed by atoms with E-state index in [1.165, 1.54) is 44.9 Å². The molecule has 1 spiro atoms. The number of likely N-dealkylation sites (N-methyl/N-ethyl adjacent to an activating group) is 1. The smallest absolute Gasteiger partial charge is 0.0710 e. The van der Waals surface area contributed by atoms with Crippen molar-refractivity contribution in [1.82, 2.24) is 4.90 Å². The highest BCUT2D eigenvalue weighted by Crippen LogP contribution is 2.43. The average molecular weight is 255 g/mol. The van der Waals surface area contributed by atoms with Crippen LogP contribution in [0.1, 0.15) is 57.8 Å². The van der Waals surface area contributed by atoms with E-state index in [2.05, 4.69) is 11.9 Å². The molecule has 0 bridgehead atoms. The zero-order chi connectivity index (χ0) is 12.8. The van der Waals surface area contributed by atoms with Crippen molar-refractivity contribution in [2.75, 3.05) is 26.7 Å². The molecule has 1 saturated heterocycles. The molecule has 1 atom stereocenters. The van der Waals surface area contributed by atoms with Crippen molar-refractivity contribution in [3.8, 4) is 0 Å². The third-order valence-electron chi connectivity index (χ3n) is 4.57. The van der Waals surface area contributed by atoms with Crippen molar-refractivity contribution in [2.45, 2.75) is 69.5 Å². The van der Waals surface area contributed by atoms with Crippen LogP contribution in [0.15, 0.2) is 0 Å². The lowest BCUT2D eigenvalue weighted by molar-refractivity contribution is -0.0451. The molecule has 3 heteroatoms. The summed E-state index contributed by atoms with van der Waals surface area (Å²) in [6.45, 7) is 2.55. The van der Waals surface area contributed by atoms with E-state index in [0.717, 1.165) is 25.9 Å². The number of rotatable bonds is 7. The predicted molar refractivity (Wildman–Crippen MR) is 73.7 cm³/mol. The minimum absolute atomic E-state index is 0.280. The summed E-state index contributed by atoms with van der Waals surface area (Å²) in [7, 11) is 2.20. The maximum atomic E-state index is 8.75. The van der Waals surface area contributed by atoms with Gasteiger partial charge in [0.1, 0.15) is 0 Å². The first-order chi connectivity index (χ1) is 8.74. The molecule has 0 aromatic carbocycles. The summed E-state index contributed by atoms with van der Waals surface area (Å²) in [5.74, 6) is 0. The largest absolute Gasteiger partial charge is 0.396 e. The number of aliphatic hydroxyl groups is 1. The van der Waals surface area contributed by atoms with Gasteiger partial charge in [-0.2, -0.15) is 0 Å². The Labute approximate surface area is 112 Å². The van der Waals surface area contributed by atoms with Gasteiger partial charge < -0.3 is 14.7 Å². The quantitative estimate of drug-likeness (QED) is 0.710. The minimum atomic E-state index is 0.280. The van der Waals surface area contributed by atoms with Gasteiger partial charge >= 0.3 is 0 Å². The third kappa shape index (κ3) is 3.94. The van der Waals surface area contributed by atoms with Crippen molar-refractivity contribution in [3.05, 3.63) is 0 Å². The van der Waals surface area contributed by atoms with Gasteiger partial charge in [-0.15, -0.1) is 0 Å². The van der Waals surface area contributed by atoms with Crippen LogP contribution in [0.2, 0.25) is 0 Å². The molecular weight excluding hydrogens is 226 g/mol. The van der Waals surface area contributed by atoms with Crippen molar-refractivity contribution < 1.29 is 9.84 Å². The van der Waals surface area contributed by atoms with Gasteiger partial charge in [-0.05, 0) is 58.5 Å². The molecule has 0 radical (unpaired) electrons. The summed E-state index contributed by atoms with van der Waals surface area (Å²) >= 11 is 0. The van der Waals surface area contributed by atoms with Crippen LogP contribution < -0.4 is 0 Å². The number of hydrogen-bond acceptors (Lipinski definition) is 3. The molecule has 1 unspecified atom stereocenters. The van der Waals surface area contributed by atoms with Crippen LogP contribution in [-0.4, -0.2) is 48.5 Å². The molecule has 2 aliphatic rings. The Hall–Kier alpha value is -0.120. The Kier molecular flexibility index (Phi) is 5.46. The lowest BCUT2D eigenvalue weighted by Gasteiger charge is -2.26. The first-order valence-corrected chi connectivity index (χ1v) is 7.71. The Morgan fingerprint density at radius 1 is 1.17 bits per heavy atom. The zero-order valence-electron chi connectivity index (χ0n) is 11.9. The normalized spacial score (nSPS) is 26.5. The van der Waals surface area contributed by atoms with Crippen LogP contribution in [0.25, 0.3) is 0 Å². The van der Waals surface area contributed by atoms with Gasteiger partial charge in [0.05, 0.1) is 11.7 Å². The van der Waals surface area contributed by atoms with Crippen LogP contribution in [0.3, 0.4) is 0 Å². The molecule has 2 rings (SSSR count). The van der Waals surface area contributed by atoms with Crippen molar-refractivity contribution in [1.29, 1.82) is 0 Å². The standard InChI is InChI=1S/C15H29NO2/c1-16(11-5-2-6-12-17)13-14-7-10-15(18-14)8-3-4-9-15/h14,17H,2-13H2,1H3. The maximum absolute atomic E-state index is 8.75. The SMILES string of the molecule is CN(CCCCCO)CC1CCC2(CCCC2)O1. The van der Waals surface area contributed by atoms with E-state index in [4.69, 9.17) is 9.84 Å². The van der Waals surface area contributed by atoms with Crippen LogP contribution in [0.4, 0.5) is 0 Å². The molecule has 3 nitrogen and oxygen atoms in total. The van der Waals surface area contributed by atoms with E-state index >= 15 is 0 Å². The fourth-order valence-corrected chi connectivity index (χ4v) is 3.52. The van der Waals surface area contributed by atoms with Crippen LogP contribution >= 0.6 is 0 Å². The van der Waals surface area contributed by atoms with Gasteiger partial charge in [0.25, 0.3) is 0 Å². The number of ether oxygens (including phenoxy) is 1. The molecule has 1 heterocycles. The predicted octanol–water partition coefficient (Wildman–Crippen LogP) is 2.57. The van der Waals surface area contributed by atoms with Gasteiger partial charge in [0.15, 0.2) is 0 Å². The summed E-state index contributed by atoms with van der Waals surface area (Å²) in [4.78, 5) is 2.40. The number of unbranched alkanes of at least 4 members (excludes halogenated alkanes) is 2. The Bertz CT molecular complexity index is 239. The van der Waals surface area contributed by atoms with Crippen molar-refractivity contribution >= 4 is 0 Å². The van der Waals surface area contributed by atoms with E-state index in [0.29, 0.717) is 12.7 Å². The van der Waals surface area contributed by atoms with Gasteiger partial charge in [-0.3, -0.25) is 0 Å². The molecule has 1 N–H and O–H groups in total. The molecule has 1 aliphatic heterocycles. The van der Waals surface area contributed by atoms with E-state index < -0.39 is 0 Å². The lowest BCUT2D eigenvalue weighted by Crippen LogP contribution is -2.32. The van der Waals surface area contributed by atoms with E-state index in [1.54, 1.807) is 0 Å². The fourth-order valence-electron chi connectivity index (χ4n) is 3.52. The maximum Gasteiger partial charge on any atom is 0.0710 e. The minimum Gasteiger partial charge on any atom is -0.396 e. The number of nitrogens with zero attached hydrogens (tertiary/aromatic N) is 1.